The van der Waals surface area contributed by atoms with E-state index < -0.39 is 0 Å². The number of hydrogen-bond acceptors (Lipinski definition) is 3. The molecule has 0 radical (unpaired) electrons. The van der Waals surface area contributed by atoms with Gasteiger partial charge in [-0.05, 0) is 12.5 Å². The number of ether oxygens (including phenoxy) is 1. The van der Waals surface area contributed by atoms with Gasteiger partial charge in [0.05, 0.1) is 0 Å². The van der Waals surface area contributed by atoms with E-state index in [2.05, 4.69) is 22.5 Å². The Morgan fingerprint density at radius 3 is 2.67 bits per heavy atom. The molecule has 1 aliphatic heterocycles. The SMILES string of the molecule is Cc1csc([C@H]2O[C@@H]2c2ccccc2)n1. The van der Waals surface area contributed by atoms with E-state index >= 15 is 0 Å². The minimum absolute atomic E-state index is 0.186. The van der Waals surface area contributed by atoms with E-state index in [1.54, 1.807) is 11.3 Å². The summed E-state index contributed by atoms with van der Waals surface area (Å²) in [6, 6.07) is 10.3. The van der Waals surface area contributed by atoms with Crippen LogP contribution in [0.2, 0.25) is 0 Å². The Hall–Kier alpha value is -1.19. The molecule has 2 atom stereocenters. The van der Waals surface area contributed by atoms with Crippen LogP contribution in [0.5, 0.6) is 0 Å². The van der Waals surface area contributed by atoms with E-state index in [1.165, 1.54) is 5.56 Å². The lowest BCUT2D eigenvalue weighted by Crippen LogP contribution is -1.83. The summed E-state index contributed by atoms with van der Waals surface area (Å²) < 4.78 is 5.65. The van der Waals surface area contributed by atoms with Gasteiger partial charge in [-0.1, -0.05) is 30.3 Å². The molecule has 3 rings (SSSR count). The van der Waals surface area contributed by atoms with Gasteiger partial charge in [0.2, 0.25) is 0 Å². The third-order valence-electron chi connectivity index (χ3n) is 2.50. The predicted octanol–water partition coefficient (Wildman–Crippen LogP) is 3.26. The van der Waals surface area contributed by atoms with E-state index in [1.807, 2.05) is 25.1 Å². The average molecular weight is 217 g/mol. The summed E-state index contributed by atoms with van der Waals surface area (Å²) in [5.74, 6) is 0. The molecule has 1 saturated heterocycles. The third kappa shape index (κ3) is 1.68. The highest BCUT2D eigenvalue weighted by Crippen LogP contribution is 2.51. The summed E-state index contributed by atoms with van der Waals surface area (Å²) in [5, 5.41) is 3.17. The van der Waals surface area contributed by atoms with Gasteiger partial charge in [0.25, 0.3) is 0 Å². The van der Waals surface area contributed by atoms with Crippen LogP contribution >= 0.6 is 11.3 Å². The van der Waals surface area contributed by atoms with Crippen molar-refractivity contribution in [2.24, 2.45) is 0 Å². The van der Waals surface area contributed by atoms with Gasteiger partial charge in [0.15, 0.2) is 0 Å². The highest BCUT2D eigenvalue weighted by atomic mass is 32.1. The molecule has 3 heteroatoms. The van der Waals surface area contributed by atoms with E-state index in [0.717, 1.165) is 10.7 Å². The quantitative estimate of drug-likeness (QED) is 0.721. The van der Waals surface area contributed by atoms with E-state index in [4.69, 9.17) is 4.74 Å². The molecule has 2 nitrogen and oxygen atoms in total. The van der Waals surface area contributed by atoms with Crippen molar-refractivity contribution in [1.29, 1.82) is 0 Å². The number of rotatable bonds is 2. The molecule has 0 bridgehead atoms. The number of aromatic nitrogens is 1. The third-order valence-corrected chi connectivity index (χ3v) is 3.52. The van der Waals surface area contributed by atoms with Gasteiger partial charge in [0.1, 0.15) is 17.2 Å². The minimum atomic E-state index is 0.186. The predicted molar refractivity (Wildman–Crippen MR) is 59.9 cm³/mol. The zero-order valence-corrected chi connectivity index (χ0v) is 9.20. The van der Waals surface area contributed by atoms with E-state index in [-0.39, 0.29) is 12.2 Å². The Bertz CT molecular complexity index is 465. The summed E-state index contributed by atoms with van der Waals surface area (Å²) in [6.07, 6.45) is 0.405. The monoisotopic (exact) mass is 217 g/mol. The second-order valence-corrected chi connectivity index (χ2v) is 4.60. The van der Waals surface area contributed by atoms with Crippen LogP contribution in [0.3, 0.4) is 0 Å². The first-order valence-corrected chi connectivity index (χ1v) is 5.85. The molecule has 0 aliphatic carbocycles. The van der Waals surface area contributed by atoms with Crippen LogP contribution in [-0.4, -0.2) is 4.98 Å². The van der Waals surface area contributed by atoms with Crippen molar-refractivity contribution in [2.45, 2.75) is 19.1 Å². The van der Waals surface area contributed by atoms with Gasteiger partial charge < -0.3 is 4.74 Å². The first kappa shape index (κ1) is 9.07. The van der Waals surface area contributed by atoms with E-state index in [9.17, 15) is 0 Å². The maximum Gasteiger partial charge on any atom is 0.140 e. The summed E-state index contributed by atoms with van der Waals surface area (Å²) in [6.45, 7) is 2.01. The van der Waals surface area contributed by atoms with Gasteiger partial charge in [-0.25, -0.2) is 4.98 Å². The van der Waals surface area contributed by atoms with Crippen molar-refractivity contribution < 1.29 is 4.74 Å². The highest BCUT2D eigenvalue weighted by Gasteiger charge is 2.43. The molecule has 1 aromatic carbocycles. The molecule has 0 N–H and O–H groups in total. The fourth-order valence-electron chi connectivity index (χ4n) is 1.70. The fourth-order valence-corrected chi connectivity index (χ4v) is 2.55. The smallest absolute Gasteiger partial charge is 0.140 e. The lowest BCUT2D eigenvalue weighted by molar-refractivity contribution is 0.377. The number of nitrogens with zero attached hydrogens (tertiary/aromatic N) is 1. The molecule has 1 aliphatic rings. The molecular weight excluding hydrogens is 206 g/mol. The normalized spacial score (nSPS) is 24.1. The topological polar surface area (TPSA) is 25.4 Å². The van der Waals surface area contributed by atoms with Crippen LogP contribution in [-0.2, 0) is 4.74 Å². The maximum atomic E-state index is 5.65. The first-order chi connectivity index (χ1) is 7.34. The van der Waals surface area contributed by atoms with Gasteiger partial charge in [-0.2, -0.15) is 0 Å². The van der Waals surface area contributed by atoms with Crippen LogP contribution in [0, 0.1) is 6.92 Å². The fraction of sp³-hybridized carbons (Fsp3) is 0.250. The first-order valence-electron chi connectivity index (χ1n) is 4.97. The van der Waals surface area contributed by atoms with Crippen molar-refractivity contribution in [2.75, 3.05) is 0 Å². The molecule has 0 saturated carbocycles. The Morgan fingerprint density at radius 2 is 2.00 bits per heavy atom. The second-order valence-electron chi connectivity index (χ2n) is 3.72. The lowest BCUT2D eigenvalue weighted by atomic mass is 10.1. The Labute approximate surface area is 92.6 Å². The average Bonchev–Trinajstić information content (AvgIpc) is 2.96. The second kappa shape index (κ2) is 3.43. The van der Waals surface area contributed by atoms with Crippen LogP contribution in [0.4, 0.5) is 0 Å². The number of thiazole rings is 1. The maximum absolute atomic E-state index is 5.65. The highest BCUT2D eigenvalue weighted by molar-refractivity contribution is 7.09. The Morgan fingerprint density at radius 1 is 1.20 bits per heavy atom. The number of epoxide rings is 1. The summed E-state index contributed by atoms with van der Waals surface area (Å²) in [4.78, 5) is 4.44. The van der Waals surface area contributed by atoms with Crippen molar-refractivity contribution in [1.82, 2.24) is 4.98 Å². The summed E-state index contributed by atoms with van der Waals surface area (Å²) >= 11 is 1.68. The molecule has 1 aromatic heterocycles. The van der Waals surface area contributed by atoms with Crippen LogP contribution in [0.15, 0.2) is 35.7 Å². The molecule has 2 heterocycles. The van der Waals surface area contributed by atoms with Crippen molar-refractivity contribution in [3.05, 3.63) is 52.0 Å². The van der Waals surface area contributed by atoms with E-state index in [0.29, 0.717) is 0 Å². The molecule has 15 heavy (non-hydrogen) atoms. The largest absolute Gasteiger partial charge is 0.357 e. The molecule has 2 aromatic rings. The van der Waals surface area contributed by atoms with Crippen molar-refractivity contribution >= 4 is 11.3 Å². The standard InChI is InChI=1S/C12H11NOS/c1-8-7-15-12(13-8)11-10(14-11)9-5-3-2-4-6-9/h2-7,10-11H,1H3/t10-,11+/m1/s1. The number of aryl methyl sites for hydroxylation is 1. The van der Waals surface area contributed by atoms with Crippen LogP contribution < -0.4 is 0 Å². The zero-order chi connectivity index (χ0) is 10.3. The molecule has 1 fully saturated rings. The van der Waals surface area contributed by atoms with Gasteiger partial charge in [0, 0.05) is 11.1 Å². The summed E-state index contributed by atoms with van der Waals surface area (Å²) in [7, 11) is 0. The van der Waals surface area contributed by atoms with Crippen LogP contribution in [0.1, 0.15) is 28.5 Å². The summed E-state index contributed by atoms with van der Waals surface area (Å²) in [5.41, 5.74) is 2.33. The van der Waals surface area contributed by atoms with Crippen molar-refractivity contribution in [3.8, 4) is 0 Å². The Balaban J connectivity index is 1.80. The molecule has 0 unspecified atom stereocenters. The Kier molecular flexibility index (Phi) is 2.08. The van der Waals surface area contributed by atoms with Gasteiger partial charge in [-0.15, -0.1) is 11.3 Å². The molecule has 0 spiro atoms. The number of benzene rings is 1. The minimum Gasteiger partial charge on any atom is -0.357 e. The molecular formula is C12H11NOS. The van der Waals surface area contributed by atoms with Gasteiger partial charge in [-0.3, -0.25) is 0 Å². The van der Waals surface area contributed by atoms with Gasteiger partial charge >= 0.3 is 0 Å². The number of hydrogen-bond donors (Lipinski definition) is 0. The molecule has 0 amide bonds. The molecule has 76 valence electrons. The zero-order valence-electron chi connectivity index (χ0n) is 8.38. The lowest BCUT2D eigenvalue weighted by Gasteiger charge is -1.92. The van der Waals surface area contributed by atoms with Crippen molar-refractivity contribution in [3.63, 3.8) is 0 Å². The van der Waals surface area contributed by atoms with Crippen LogP contribution in [0.25, 0.3) is 0 Å².